The zero-order valence-corrected chi connectivity index (χ0v) is 16.6. The quantitative estimate of drug-likeness (QED) is 0.553. The van der Waals surface area contributed by atoms with Gasteiger partial charge in [-0.2, -0.15) is 22.0 Å². The smallest absolute Gasteiger partial charge is 0.401 e. The monoisotopic (exact) mass is 454 g/mol. The third-order valence-corrected chi connectivity index (χ3v) is 4.48. The maximum atomic E-state index is 12.9. The third-order valence-electron chi connectivity index (χ3n) is 4.48. The van der Waals surface area contributed by atoms with Crippen LogP contribution in [0.15, 0.2) is 18.2 Å². The van der Waals surface area contributed by atoms with Gasteiger partial charge >= 0.3 is 12.8 Å². The number of nitrogens with two attached hydrogens (primary N) is 1. The van der Waals surface area contributed by atoms with E-state index >= 15 is 0 Å². The van der Waals surface area contributed by atoms with Crippen molar-refractivity contribution in [2.24, 2.45) is 5.73 Å². The van der Waals surface area contributed by atoms with Gasteiger partial charge in [-0.1, -0.05) is 6.92 Å². The van der Waals surface area contributed by atoms with E-state index in [2.05, 4.69) is 10.1 Å². The first kappa shape index (κ1) is 24.8. The Bertz CT molecular complexity index is 778. The molecular formula is C18H23F5N4O4. The summed E-state index contributed by atoms with van der Waals surface area (Å²) in [6.07, 6.45) is -4.53. The number of hydrogen-bond acceptors (Lipinski definition) is 6. The minimum atomic E-state index is -4.53. The van der Waals surface area contributed by atoms with Crippen LogP contribution in [-0.2, 0) is 14.3 Å². The molecule has 13 heteroatoms. The van der Waals surface area contributed by atoms with Gasteiger partial charge in [0.2, 0.25) is 5.91 Å². The average Bonchev–Trinajstić information content (AvgIpc) is 2.67. The number of alkyl halides is 5. The minimum absolute atomic E-state index is 0.00776. The molecule has 1 aliphatic rings. The molecule has 1 atom stereocenters. The Kier molecular flexibility index (Phi) is 8.53. The maximum absolute atomic E-state index is 12.9. The van der Waals surface area contributed by atoms with Crippen molar-refractivity contribution in [3.8, 4) is 5.75 Å². The number of amides is 2. The lowest BCUT2D eigenvalue weighted by molar-refractivity contribution is -0.153. The van der Waals surface area contributed by atoms with Crippen molar-refractivity contribution in [2.75, 3.05) is 49.6 Å². The number of carbonyl (C=O) groups is 2. The predicted octanol–water partition coefficient (Wildman–Crippen LogP) is 1.80. The van der Waals surface area contributed by atoms with Crippen molar-refractivity contribution >= 4 is 23.2 Å². The number of likely N-dealkylation sites (N-methyl/N-ethyl adjacent to an activating group) is 1. The molecule has 0 aliphatic carbocycles. The Labute approximate surface area is 175 Å². The zero-order chi connectivity index (χ0) is 23.2. The predicted molar refractivity (Wildman–Crippen MR) is 101 cm³/mol. The first-order chi connectivity index (χ1) is 14.6. The van der Waals surface area contributed by atoms with Gasteiger partial charge in [-0.05, 0) is 18.7 Å². The topological polar surface area (TPSA) is 97.1 Å². The first-order valence-corrected chi connectivity index (χ1v) is 9.34. The van der Waals surface area contributed by atoms with Gasteiger partial charge in [-0.3, -0.25) is 14.5 Å². The molecule has 1 fully saturated rings. The molecule has 31 heavy (non-hydrogen) atoms. The Hall–Kier alpha value is -2.51. The summed E-state index contributed by atoms with van der Waals surface area (Å²) in [5, 5.41) is 2.37. The molecule has 2 rings (SSSR count). The standard InChI is InChI=1S/C18H23F5N4O4/c1-2-26(10-18(21,22)23)13(8-24)16(29)25-11-3-4-12(14(7-11)31-17(19)20)27-5-6-30-9-15(27)28/h3-4,7,13,17H,2,5-6,8-10,24H2,1H3,(H,25,29)/t13-/m1/s1. The van der Waals surface area contributed by atoms with Crippen LogP contribution in [0.2, 0.25) is 0 Å². The second-order valence-corrected chi connectivity index (χ2v) is 6.58. The fourth-order valence-electron chi connectivity index (χ4n) is 3.10. The number of nitrogens with one attached hydrogen (secondary N) is 1. The number of morpholine rings is 1. The van der Waals surface area contributed by atoms with E-state index in [1.807, 2.05) is 0 Å². The van der Waals surface area contributed by atoms with E-state index in [1.54, 1.807) is 0 Å². The lowest BCUT2D eigenvalue weighted by Crippen LogP contribution is -2.51. The maximum Gasteiger partial charge on any atom is 0.401 e. The number of hydrogen-bond donors (Lipinski definition) is 2. The second kappa shape index (κ2) is 10.7. The van der Waals surface area contributed by atoms with Crippen LogP contribution in [0.1, 0.15) is 6.92 Å². The largest absolute Gasteiger partial charge is 0.433 e. The van der Waals surface area contributed by atoms with Crippen LogP contribution in [0.5, 0.6) is 5.75 Å². The zero-order valence-electron chi connectivity index (χ0n) is 16.6. The van der Waals surface area contributed by atoms with Crippen LogP contribution in [0, 0.1) is 0 Å². The van der Waals surface area contributed by atoms with Crippen LogP contribution >= 0.6 is 0 Å². The second-order valence-electron chi connectivity index (χ2n) is 6.58. The molecule has 1 aromatic rings. The highest BCUT2D eigenvalue weighted by atomic mass is 19.4. The molecule has 0 unspecified atom stereocenters. The molecule has 0 bridgehead atoms. The van der Waals surface area contributed by atoms with E-state index in [-0.39, 0.29) is 43.4 Å². The highest BCUT2D eigenvalue weighted by Gasteiger charge is 2.35. The molecule has 3 N–H and O–H groups in total. The Balaban J connectivity index is 2.25. The van der Waals surface area contributed by atoms with Crippen molar-refractivity contribution in [3.05, 3.63) is 18.2 Å². The van der Waals surface area contributed by atoms with Crippen molar-refractivity contribution in [3.63, 3.8) is 0 Å². The normalized spacial score (nSPS) is 16.0. The number of rotatable bonds is 9. The van der Waals surface area contributed by atoms with Gasteiger partial charge in [0.1, 0.15) is 12.6 Å². The Morgan fingerprint density at radius 3 is 2.65 bits per heavy atom. The number of carbonyl (C=O) groups excluding carboxylic acids is 2. The Morgan fingerprint density at radius 1 is 1.39 bits per heavy atom. The van der Waals surface area contributed by atoms with E-state index in [0.717, 1.165) is 11.0 Å². The van der Waals surface area contributed by atoms with Crippen LogP contribution < -0.4 is 20.7 Å². The van der Waals surface area contributed by atoms with E-state index < -0.39 is 43.7 Å². The first-order valence-electron chi connectivity index (χ1n) is 9.34. The summed E-state index contributed by atoms with van der Waals surface area (Å²) >= 11 is 0. The number of anilines is 2. The van der Waals surface area contributed by atoms with Crippen molar-refractivity contribution in [1.82, 2.24) is 4.90 Å². The van der Waals surface area contributed by atoms with E-state index in [4.69, 9.17) is 10.5 Å². The molecule has 8 nitrogen and oxygen atoms in total. The van der Waals surface area contributed by atoms with Crippen molar-refractivity contribution in [1.29, 1.82) is 0 Å². The highest BCUT2D eigenvalue weighted by Crippen LogP contribution is 2.33. The summed E-state index contributed by atoms with van der Waals surface area (Å²) in [4.78, 5) is 26.6. The van der Waals surface area contributed by atoms with Gasteiger partial charge in [0.25, 0.3) is 5.91 Å². The summed E-state index contributed by atoms with van der Waals surface area (Å²) in [5.41, 5.74) is 5.55. The minimum Gasteiger partial charge on any atom is -0.433 e. The van der Waals surface area contributed by atoms with Gasteiger partial charge in [0, 0.05) is 24.8 Å². The molecular weight excluding hydrogens is 431 g/mol. The Morgan fingerprint density at radius 2 is 2.10 bits per heavy atom. The van der Waals surface area contributed by atoms with Gasteiger partial charge < -0.3 is 25.4 Å². The van der Waals surface area contributed by atoms with Gasteiger partial charge in [-0.15, -0.1) is 0 Å². The van der Waals surface area contributed by atoms with Crippen LogP contribution in [0.25, 0.3) is 0 Å². The van der Waals surface area contributed by atoms with Gasteiger partial charge in [0.05, 0.1) is 18.8 Å². The summed E-state index contributed by atoms with van der Waals surface area (Å²) in [6, 6.07) is 2.38. The molecule has 1 aliphatic heterocycles. The number of halogens is 5. The SMILES string of the molecule is CCN(CC(F)(F)F)[C@H](CN)C(=O)Nc1ccc(N2CCOCC2=O)c(OC(F)F)c1. The van der Waals surface area contributed by atoms with Crippen molar-refractivity contribution < 1.29 is 41.0 Å². The lowest BCUT2D eigenvalue weighted by Gasteiger charge is -2.30. The van der Waals surface area contributed by atoms with Crippen LogP contribution in [0.3, 0.4) is 0 Å². The van der Waals surface area contributed by atoms with Crippen LogP contribution in [-0.4, -0.2) is 74.9 Å². The van der Waals surface area contributed by atoms with E-state index in [0.29, 0.717) is 0 Å². The number of benzene rings is 1. The fraction of sp³-hybridized carbons (Fsp3) is 0.556. The van der Waals surface area contributed by atoms with Crippen LogP contribution in [0.4, 0.5) is 33.3 Å². The fourth-order valence-corrected chi connectivity index (χ4v) is 3.10. The summed E-state index contributed by atoms with van der Waals surface area (Å²) in [7, 11) is 0. The van der Waals surface area contributed by atoms with E-state index in [9.17, 15) is 31.5 Å². The third kappa shape index (κ3) is 7.01. The van der Waals surface area contributed by atoms with Crippen molar-refractivity contribution in [2.45, 2.75) is 25.8 Å². The van der Waals surface area contributed by atoms with E-state index in [1.165, 1.54) is 24.0 Å². The van der Waals surface area contributed by atoms with Gasteiger partial charge in [-0.25, -0.2) is 0 Å². The molecule has 0 aromatic heterocycles. The molecule has 0 spiro atoms. The van der Waals surface area contributed by atoms with Gasteiger partial charge in [0.15, 0.2) is 5.75 Å². The molecule has 1 saturated heterocycles. The lowest BCUT2D eigenvalue weighted by atomic mass is 10.2. The number of ether oxygens (including phenoxy) is 2. The molecule has 174 valence electrons. The summed E-state index contributed by atoms with van der Waals surface area (Å²) < 4.78 is 73.6. The highest BCUT2D eigenvalue weighted by molar-refractivity contribution is 5.98. The molecule has 1 aromatic carbocycles. The molecule has 2 amide bonds. The summed E-state index contributed by atoms with van der Waals surface area (Å²) in [5.74, 6) is -1.68. The molecule has 1 heterocycles. The molecule has 0 radical (unpaired) electrons. The summed E-state index contributed by atoms with van der Waals surface area (Å²) in [6.45, 7) is -3.49. The molecule has 0 saturated carbocycles. The number of nitrogens with zero attached hydrogens (tertiary/aromatic N) is 2. The average molecular weight is 454 g/mol.